The van der Waals surface area contributed by atoms with Crippen molar-refractivity contribution in [2.45, 2.75) is 13.8 Å². The molecule has 4 nitrogen and oxygen atoms in total. The van der Waals surface area contributed by atoms with Crippen molar-refractivity contribution in [1.29, 1.82) is 5.41 Å². The number of hydrogen-bond donors (Lipinski definition) is 4. The molecule has 0 spiro atoms. The van der Waals surface area contributed by atoms with Crippen LogP contribution in [0.2, 0.25) is 0 Å². The molecule has 0 radical (unpaired) electrons. The van der Waals surface area contributed by atoms with Gasteiger partial charge in [0.15, 0.2) is 0 Å². The Kier molecular flexibility index (Phi) is 4.60. The third kappa shape index (κ3) is 3.09. The van der Waals surface area contributed by atoms with E-state index in [9.17, 15) is 0 Å². The Hall–Kier alpha value is -1.45. The predicted octanol–water partition coefficient (Wildman–Crippen LogP) is 0.496. The molecule has 0 amide bonds. The zero-order valence-corrected chi connectivity index (χ0v) is 7.57. The molecule has 12 heavy (non-hydrogen) atoms. The van der Waals surface area contributed by atoms with Crippen LogP contribution in [0.15, 0.2) is 24.3 Å². The fourth-order valence-electron chi connectivity index (χ4n) is 0.690. The molecule has 0 aromatic heterocycles. The lowest BCUT2D eigenvalue weighted by Gasteiger charge is -2.11. The molecule has 0 saturated carbocycles. The monoisotopic (exact) mass is 168 g/mol. The van der Waals surface area contributed by atoms with Crippen molar-refractivity contribution >= 4 is 5.71 Å². The van der Waals surface area contributed by atoms with Gasteiger partial charge in [-0.25, -0.2) is 0 Å². The van der Waals surface area contributed by atoms with E-state index in [1.54, 1.807) is 6.92 Å². The Bertz CT molecular complexity index is 205. The maximum atomic E-state index is 7.29. The summed E-state index contributed by atoms with van der Waals surface area (Å²) in [4.78, 5) is 0. The lowest BCUT2D eigenvalue weighted by atomic mass is 10.3. The number of allylic oxidation sites excluding steroid dienone is 1. The molecule has 0 atom stereocenters. The highest BCUT2D eigenvalue weighted by Gasteiger charge is 2.01. The van der Waals surface area contributed by atoms with Crippen LogP contribution in [-0.4, -0.2) is 12.3 Å². The standard InChI is InChI=1S/C8H16N4/c1-4-11-8(12-5-2)7(10)6(3)9/h4,9,11-12H,1,5,10H2,2-3H3/b8-7+,9-6?. The molecule has 0 heterocycles. The van der Waals surface area contributed by atoms with E-state index in [-0.39, 0.29) is 0 Å². The number of nitrogens with one attached hydrogen (secondary N) is 3. The largest absolute Gasteiger partial charge is 0.394 e. The van der Waals surface area contributed by atoms with E-state index in [2.05, 4.69) is 17.2 Å². The Morgan fingerprint density at radius 2 is 2.25 bits per heavy atom. The molecule has 0 aromatic rings. The molecule has 0 saturated heterocycles. The smallest absolute Gasteiger partial charge is 0.128 e. The second kappa shape index (κ2) is 5.23. The van der Waals surface area contributed by atoms with Crippen LogP contribution in [0.4, 0.5) is 0 Å². The first kappa shape index (κ1) is 10.6. The Morgan fingerprint density at radius 1 is 1.67 bits per heavy atom. The van der Waals surface area contributed by atoms with Crippen LogP contribution >= 0.6 is 0 Å². The van der Waals surface area contributed by atoms with Crippen LogP contribution < -0.4 is 16.4 Å². The molecule has 0 aromatic carbocycles. The van der Waals surface area contributed by atoms with E-state index in [1.165, 1.54) is 6.20 Å². The zero-order chi connectivity index (χ0) is 9.56. The van der Waals surface area contributed by atoms with Crippen molar-refractivity contribution in [3.8, 4) is 0 Å². The predicted molar refractivity (Wildman–Crippen MR) is 51.6 cm³/mol. The third-order valence-corrected chi connectivity index (χ3v) is 1.27. The summed E-state index contributed by atoms with van der Waals surface area (Å²) in [6.45, 7) is 7.86. The number of rotatable bonds is 5. The van der Waals surface area contributed by atoms with Crippen molar-refractivity contribution in [2.24, 2.45) is 5.73 Å². The topological polar surface area (TPSA) is 73.9 Å². The van der Waals surface area contributed by atoms with Gasteiger partial charge in [-0.1, -0.05) is 6.58 Å². The molecule has 0 aliphatic heterocycles. The molecular formula is C8H16N4. The van der Waals surface area contributed by atoms with Crippen molar-refractivity contribution in [3.05, 3.63) is 24.3 Å². The van der Waals surface area contributed by atoms with Gasteiger partial charge in [0.1, 0.15) is 5.82 Å². The minimum atomic E-state index is 0.334. The quantitative estimate of drug-likeness (QED) is 0.451. The summed E-state index contributed by atoms with van der Waals surface area (Å²) in [6.07, 6.45) is 1.52. The molecule has 0 aliphatic carbocycles. The minimum Gasteiger partial charge on any atom is -0.394 e. The highest BCUT2D eigenvalue weighted by molar-refractivity contribution is 5.95. The summed E-state index contributed by atoms with van der Waals surface area (Å²) in [5, 5.41) is 13.1. The second-order valence-corrected chi connectivity index (χ2v) is 2.29. The molecule has 5 N–H and O–H groups in total. The molecule has 0 bridgehead atoms. The Labute approximate surface area is 73.0 Å². The highest BCUT2D eigenvalue weighted by atomic mass is 15.1. The summed E-state index contributed by atoms with van der Waals surface area (Å²) in [6, 6.07) is 0. The second-order valence-electron chi connectivity index (χ2n) is 2.29. The molecule has 0 fully saturated rings. The fraction of sp³-hybridized carbons (Fsp3) is 0.375. The number of hydrogen-bond acceptors (Lipinski definition) is 4. The summed E-state index contributed by atoms with van der Waals surface area (Å²) < 4.78 is 0. The van der Waals surface area contributed by atoms with Crippen molar-refractivity contribution in [2.75, 3.05) is 6.54 Å². The summed E-state index contributed by atoms with van der Waals surface area (Å²) in [5.41, 5.74) is 6.36. The van der Waals surface area contributed by atoms with E-state index in [1.807, 2.05) is 6.92 Å². The van der Waals surface area contributed by atoms with Crippen LogP contribution in [0.1, 0.15) is 13.8 Å². The van der Waals surface area contributed by atoms with E-state index in [0.717, 1.165) is 6.54 Å². The summed E-state index contributed by atoms with van der Waals surface area (Å²) in [5.74, 6) is 0.639. The van der Waals surface area contributed by atoms with Crippen LogP contribution in [0, 0.1) is 5.41 Å². The first-order valence-electron chi connectivity index (χ1n) is 3.80. The van der Waals surface area contributed by atoms with Gasteiger partial charge in [-0.15, -0.1) is 0 Å². The van der Waals surface area contributed by atoms with Gasteiger partial charge in [-0.2, -0.15) is 0 Å². The van der Waals surface area contributed by atoms with Gasteiger partial charge in [0.2, 0.25) is 0 Å². The number of nitrogens with two attached hydrogens (primary N) is 1. The van der Waals surface area contributed by atoms with Crippen LogP contribution in [0.3, 0.4) is 0 Å². The highest BCUT2D eigenvalue weighted by Crippen LogP contribution is 1.92. The van der Waals surface area contributed by atoms with E-state index >= 15 is 0 Å². The lowest BCUT2D eigenvalue weighted by Crippen LogP contribution is -2.29. The maximum absolute atomic E-state index is 7.29. The van der Waals surface area contributed by atoms with Gasteiger partial charge >= 0.3 is 0 Å². The van der Waals surface area contributed by atoms with E-state index < -0.39 is 0 Å². The van der Waals surface area contributed by atoms with Crippen molar-refractivity contribution < 1.29 is 0 Å². The SMILES string of the molecule is C=CN/C(NCC)=C(\N)C(C)=N. The van der Waals surface area contributed by atoms with E-state index in [4.69, 9.17) is 11.1 Å². The van der Waals surface area contributed by atoms with Gasteiger partial charge in [0.25, 0.3) is 0 Å². The first-order chi connectivity index (χ1) is 5.63. The lowest BCUT2D eigenvalue weighted by molar-refractivity contribution is 0.775. The fourth-order valence-corrected chi connectivity index (χ4v) is 0.690. The van der Waals surface area contributed by atoms with E-state index in [0.29, 0.717) is 17.2 Å². The average molecular weight is 168 g/mol. The van der Waals surface area contributed by atoms with Gasteiger partial charge in [-0.3, -0.25) is 0 Å². The molecular weight excluding hydrogens is 152 g/mol. The average Bonchev–Trinajstić information content (AvgIpc) is 2.03. The van der Waals surface area contributed by atoms with Gasteiger partial charge in [0.05, 0.1) is 11.4 Å². The van der Waals surface area contributed by atoms with Crippen LogP contribution in [0.5, 0.6) is 0 Å². The van der Waals surface area contributed by atoms with Crippen LogP contribution in [0.25, 0.3) is 0 Å². The van der Waals surface area contributed by atoms with Gasteiger partial charge in [0, 0.05) is 6.54 Å². The third-order valence-electron chi connectivity index (χ3n) is 1.27. The molecule has 4 heteroatoms. The minimum absolute atomic E-state index is 0.334. The van der Waals surface area contributed by atoms with Gasteiger partial charge in [-0.05, 0) is 20.0 Å². The first-order valence-corrected chi connectivity index (χ1v) is 3.80. The van der Waals surface area contributed by atoms with Crippen molar-refractivity contribution in [3.63, 3.8) is 0 Å². The zero-order valence-electron chi connectivity index (χ0n) is 7.57. The molecule has 0 aliphatic rings. The molecule has 68 valence electrons. The van der Waals surface area contributed by atoms with Gasteiger partial charge < -0.3 is 21.8 Å². The molecule has 0 unspecified atom stereocenters. The van der Waals surface area contributed by atoms with Crippen molar-refractivity contribution in [1.82, 2.24) is 10.6 Å². The Balaban J connectivity index is 4.53. The maximum Gasteiger partial charge on any atom is 0.128 e. The molecule has 0 rings (SSSR count). The summed E-state index contributed by atoms with van der Waals surface area (Å²) in [7, 11) is 0. The summed E-state index contributed by atoms with van der Waals surface area (Å²) >= 11 is 0. The Morgan fingerprint density at radius 3 is 2.58 bits per heavy atom. The van der Waals surface area contributed by atoms with Crippen LogP contribution in [-0.2, 0) is 0 Å². The normalized spacial score (nSPS) is 11.5.